The van der Waals surface area contributed by atoms with E-state index >= 15 is 0 Å². The lowest BCUT2D eigenvalue weighted by molar-refractivity contribution is 0.0390. The zero-order valence-corrected chi connectivity index (χ0v) is 16.5. The Hall–Kier alpha value is -1.44. The third-order valence-electron chi connectivity index (χ3n) is 6.21. The van der Waals surface area contributed by atoms with Gasteiger partial charge in [-0.3, -0.25) is 4.79 Å². The second-order valence-electron chi connectivity index (χ2n) is 7.79. The van der Waals surface area contributed by atoms with Crippen LogP contribution >= 0.6 is 0 Å². The largest absolute Gasteiger partial charge is 0.379 e. The molecule has 0 radical (unpaired) electrons. The Kier molecular flexibility index (Phi) is 5.53. The number of fused-ring (bicyclic) bond motifs is 1. The first-order valence-electron chi connectivity index (χ1n) is 10.1. The smallest absolute Gasteiger partial charge is 0.254 e. The van der Waals surface area contributed by atoms with Crippen LogP contribution in [0.3, 0.4) is 0 Å². The van der Waals surface area contributed by atoms with Gasteiger partial charge in [0.15, 0.2) is 0 Å². The van der Waals surface area contributed by atoms with Crippen molar-refractivity contribution >= 4 is 15.9 Å². The molecule has 2 heterocycles. The van der Waals surface area contributed by atoms with Crippen molar-refractivity contribution in [1.29, 1.82) is 0 Å². The molecule has 4 rings (SSSR count). The maximum absolute atomic E-state index is 13.1. The lowest BCUT2D eigenvalue weighted by atomic mass is 9.78. The van der Waals surface area contributed by atoms with Crippen LogP contribution in [0.5, 0.6) is 0 Å². The van der Waals surface area contributed by atoms with Crippen molar-refractivity contribution in [3.8, 4) is 0 Å². The molecule has 0 unspecified atom stereocenters. The van der Waals surface area contributed by atoms with Crippen LogP contribution in [0, 0.1) is 5.92 Å². The van der Waals surface area contributed by atoms with E-state index in [0.29, 0.717) is 43.8 Å². The quantitative estimate of drug-likeness (QED) is 0.793. The number of ether oxygens (including phenoxy) is 1. The van der Waals surface area contributed by atoms with Gasteiger partial charge in [-0.05, 0) is 55.9 Å². The topological polar surface area (TPSA) is 66.9 Å². The van der Waals surface area contributed by atoms with E-state index in [1.165, 1.54) is 30.0 Å². The van der Waals surface area contributed by atoms with Crippen molar-refractivity contribution in [3.05, 3.63) is 29.8 Å². The van der Waals surface area contributed by atoms with E-state index in [4.69, 9.17) is 4.74 Å². The van der Waals surface area contributed by atoms with E-state index < -0.39 is 10.0 Å². The van der Waals surface area contributed by atoms with Crippen LogP contribution in [-0.2, 0) is 14.8 Å². The van der Waals surface area contributed by atoms with Gasteiger partial charge in [-0.1, -0.05) is 12.8 Å². The molecule has 1 aromatic carbocycles. The molecule has 1 aliphatic carbocycles. The summed E-state index contributed by atoms with van der Waals surface area (Å²) in [6, 6.07) is 6.84. The number of amides is 1. The number of rotatable bonds is 3. The van der Waals surface area contributed by atoms with Gasteiger partial charge in [-0.15, -0.1) is 0 Å². The molecule has 2 aliphatic heterocycles. The Morgan fingerprint density at radius 2 is 1.59 bits per heavy atom. The Bertz CT molecular complexity index is 770. The van der Waals surface area contributed by atoms with Gasteiger partial charge >= 0.3 is 0 Å². The molecule has 3 fully saturated rings. The summed E-state index contributed by atoms with van der Waals surface area (Å²) in [4.78, 5) is 15.4. The van der Waals surface area contributed by atoms with Gasteiger partial charge in [-0.2, -0.15) is 4.31 Å². The maximum Gasteiger partial charge on any atom is 0.254 e. The molecule has 0 N–H and O–H groups in total. The molecule has 0 aromatic heterocycles. The highest BCUT2D eigenvalue weighted by atomic mass is 32.2. The number of carbonyl (C=O) groups is 1. The summed E-state index contributed by atoms with van der Waals surface area (Å²) in [5.41, 5.74) is 0.585. The highest BCUT2D eigenvalue weighted by molar-refractivity contribution is 7.89. The molecule has 1 aromatic rings. The number of hydrogen-bond donors (Lipinski definition) is 0. The third kappa shape index (κ3) is 3.77. The maximum atomic E-state index is 13.1. The van der Waals surface area contributed by atoms with Gasteiger partial charge in [0, 0.05) is 31.2 Å². The molecule has 3 aliphatic rings. The Labute approximate surface area is 161 Å². The standard InChI is InChI=1S/C20H28N2O4S/c23-20(22-11-3-5-16-4-1-2-6-19(16)22)17-7-9-18(10-8-17)27(24,25)21-12-14-26-15-13-21/h7-10,16,19H,1-6,11-15H2/t16-,19-/m1/s1. The van der Waals surface area contributed by atoms with Crippen LogP contribution < -0.4 is 0 Å². The Morgan fingerprint density at radius 3 is 2.33 bits per heavy atom. The van der Waals surface area contributed by atoms with E-state index in [1.807, 2.05) is 4.90 Å². The molecule has 27 heavy (non-hydrogen) atoms. The van der Waals surface area contributed by atoms with Crippen LogP contribution in [-0.4, -0.2) is 62.4 Å². The predicted molar refractivity (Wildman–Crippen MR) is 102 cm³/mol. The SMILES string of the molecule is O=C(c1ccc(S(=O)(=O)N2CCOCC2)cc1)N1CCC[C@H]2CCCC[C@H]21. The van der Waals surface area contributed by atoms with Gasteiger partial charge in [0.05, 0.1) is 18.1 Å². The second-order valence-corrected chi connectivity index (χ2v) is 9.73. The molecular formula is C20H28N2O4S. The Morgan fingerprint density at radius 1 is 0.926 bits per heavy atom. The predicted octanol–water partition coefficient (Wildman–Crippen LogP) is 2.50. The van der Waals surface area contributed by atoms with E-state index in [-0.39, 0.29) is 10.8 Å². The molecule has 7 heteroatoms. The first-order valence-corrected chi connectivity index (χ1v) is 11.5. The summed E-state index contributed by atoms with van der Waals surface area (Å²) in [7, 11) is -3.52. The second kappa shape index (κ2) is 7.89. The number of likely N-dealkylation sites (tertiary alicyclic amines) is 1. The number of hydrogen-bond acceptors (Lipinski definition) is 4. The minimum Gasteiger partial charge on any atom is -0.379 e. The van der Waals surface area contributed by atoms with Gasteiger partial charge in [0.25, 0.3) is 5.91 Å². The van der Waals surface area contributed by atoms with Gasteiger partial charge in [0.2, 0.25) is 10.0 Å². The molecule has 2 saturated heterocycles. The fraction of sp³-hybridized carbons (Fsp3) is 0.650. The van der Waals surface area contributed by atoms with Crippen LogP contribution in [0.25, 0.3) is 0 Å². The summed E-state index contributed by atoms with van der Waals surface area (Å²) in [5.74, 6) is 0.680. The average molecular weight is 393 g/mol. The summed E-state index contributed by atoms with van der Waals surface area (Å²) in [6.07, 6.45) is 7.09. The number of nitrogens with zero attached hydrogens (tertiary/aromatic N) is 2. The first kappa shape index (κ1) is 18.9. The van der Waals surface area contributed by atoms with Gasteiger partial charge in [-0.25, -0.2) is 8.42 Å². The number of morpholine rings is 1. The van der Waals surface area contributed by atoms with Crippen molar-refractivity contribution in [2.24, 2.45) is 5.92 Å². The van der Waals surface area contributed by atoms with Crippen molar-refractivity contribution in [1.82, 2.24) is 9.21 Å². The van der Waals surface area contributed by atoms with Crippen LogP contribution in [0.15, 0.2) is 29.2 Å². The minimum atomic E-state index is -3.52. The fourth-order valence-electron chi connectivity index (χ4n) is 4.75. The summed E-state index contributed by atoms with van der Waals surface area (Å²) in [5, 5.41) is 0. The highest BCUT2D eigenvalue weighted by Crippen LogP contribution is 2.36. The zero-order chi connectivity index (χ0) is 18.9. The van der Waals surface area contributed by atoms with Crippen LogP contribution in [0.4, 0.5) is 0 Å². The molecule has 148 valence electrons. The van der Waals surface area contributed by atoms with Crippen LogP contribution in [0.2, 0.25) is 0 Å². The molecule has 1 saturated carbocycles. The van der Waals surface area contributed by atoms with Crippen molar-refractivity contribution in [2.75, 3.05) is 32.8 Å². The molecule has 0 spiro atoms. The molecule has 1 amide bonds. The van der Waals surface area contributed by atoms with E-state index in [9.17, 15) is 13.2 Å². The monoisotopic (exact) mass is 392 g/mol. The number of carbonyl (C=O) groups excluding carboxylic acids is 1. The highest BCUT2D eigenvalue weighted by Gasteiger charge is 2.36. The van der Waals surface area contributed by atoms with Crippen molar-refractivity contribution < 1.29 is 17.9 Å². The summed E-state index contributed by atoms with van der Waals surface area (Å²) >= 11 is 0. The van der Waals surface area contributed by atoms with Gasteiger partial charge in [0.1, 0.15) is 0 Å². The first-order chi connectivity index (χ1) is 13.1. The molecular weight excluding hydrogens is 364 g/mol. The lowest BCUT2D eigenvalue weighted by Crippen LogP contribution is -2.49. The van der Waals surface area contributed by atoms with Crippen molar-refractivity contribution in [3.63, 3.8) is 0 Å². The minimum absolute atomic E-state index is 0.0434. The third-order valence-corrected chi connectivity index (χ3v) is 8.13. The Balaban J connectivity index is 1.50. The fourth-order valence-corrected chi connectivity index (χ4v) is 6.16. The molecule has 0 bridgehead atoms. The number of sulfonamides is 1. The zero-order valence-electron chi connectivity index (χ0n) is 15.7. The lowest BCUT2D eigenvalue weighted by Gasteiger charge is -2.44. The summed E-state index contributed by atoms with van der Waals surface area (Å²) in [6.45, 7) is 2.41. The molecule has 6 nitrogen and oxygen atoms in total. The van der Waals surface area contributed by atoms with Crippen molar-refractivity contribution in [2.45, 2.75) is 49.5 Å². The number of benzene rings is 1. The van der Waals surface area contributed by atoms with E-state index in [1.54, 1.807) is 24.3 Å². The van der Waals surface area contributed by atoms with Gasteiger partial charge < -0.3 is 9.64 Å². The van der Waals surface area contributed by atoms with E-state index in [0.717, 1.165) is 19.4 Å². The average Bonchev–Trinajstić information content (AvgIpc) is 2.73. The molecule has 2 atom stereocenters. The summed E-state index contributed by atoms with van der Waals surface area (Å²) < 4.78 is 32.2. The number of piperidine rings is 1. The normalized spacial score (nSPS) is 27.2. The van der Waals surface area contributed by atoms with Crippen LogP contribution in [0.1, 0.15) is 48.9 Å². The van der Waals surface area contributed by atoms with E-state index in [2.05, 4.69) is 0 Å².